The molecule has 7 heteroatoms. The Bertz CT molecular complexity index is 537. The van der Waals surface area contributed by atoms with E-state index in [0.29, 0.717) is 10.9 Å². The highest BCUT2D eigenvalue weighted by Gasteiger charge is 2.24. The van der Waals surface area contributed by atoms with Crippen LogP contribution in [0.3, 0.4) is 0 Å². The lowest BCUT2D eigenvalue weighted by Gasteiger charge is -2.06. The number of alkyl halides is 1. The quantitative estimate of drug-likeness (QED) is 0.368. The van der Waals surface area contributed by atoms with Gasteiger partial charge in [0.15, 0.2) is 0 Å². The van der Waals surface area contributed by atoms with Crippen molar-refractivity contribution >= 4 is 27.6 Å². The van der Waals surface area contributed by atoms with E-state index in [1.165, 1.54) is 6.07 Å². The molecule has 0 saturated heterocycles. The third kappa shape index (κ3) is 2.84. The number of ether oxygens (including phenoxy) is 1. The van der Waals surface area contributed by atoms with Gasteiger partial charge in [-0.1, -0.05) is 15.9 Å². The molecule has 0 saturated carbocycles. The molecule has 94 valence electrons. The molecule has 0 radical (unpaired) electrons. The first kappa shape index (κ1) is 14.1. The van der Waals surface area contributed by atoms with Crippen molar-refractivity contribution < 1.29 is 14.5 Å². The number of halogens is 1. The molecule has 1 aromatic rings. The van der Waals surface area contributed by atoms with E-state index < -0.39 is 16.6 Å². The molecule has 0 aromatic heterocycles. The van der Waals surface area contributed by atoms with Crippen LogP contribution in [0.2, 0.25) is 0 Å². The van der Waals surface area contributed by atoms with Gasteiger partial charge in [0.05, 0.1) is 23.2 Å². The molecule has 0 fully saturated rings. The van der Waals surface area contributed by atoms with Crippen LogP contribution in [-0.2, 0) is 10.1 Å². The molecular weight excluding hydrogens is 304 g/mol. The van der Waals surface area contributed by atoms with Gasteiger partial charge in [0.1, 0.15) is 5.56 Å². The number of nitro groups is 1. The van der Waals surface area contributed by atoms with E-state index in [1.807, 2.05) is 6.07 Å². The first-order valence-electron chi connectivity index (χ1n) is 4.99. The Balaban J connectivity index is 3.44. The Kier molecular flexibility index (Phi) is 4.80. The van der Waals surface area contributed by atoms with Gasteiger partial charge in [-0.25, -0.2) is 4.79 Å². The first-order valence-corrected chi connectivity index (χ1v) is 6.11. The minimum atomic E-state index is -0.768. The van der Waals surface area contributed by atoms with Crippen molar-refractivity contribution in [1.29, 1.82) is 5.26 Å². The van der Waals surface area contributed by atoms with Crippen LogP contribution in [0, 0.1) is 21.4 Å². The van der Waals surface area contributed by atoms with Crippen LogP contribution in [0.4, 0.5) is 5.69 Å². The van der Waals surface area contributed by atoms with Crippen molar-refractivity contribution in [3.05, 3.63) is 38.9 Å². The summed E-state index contributed by atoms with van der Waals surface area (Å²) in [6, 6.07) is 4.25. The van der Waals surface area contributed by atoms with Crippen molar-refractivity contribution in [2.45, 2.75) is 12.3 Å². The number of esters is 1. The van der Waals surface area contributed by atoms with Gasteiger partial charge in [-0.05, 0) is 18.6 Å². The monoisotopic (exact) mass is 312 g/mol. The number of nitriles is 1. The number of carbonyl (C=O) groups excluding carboxylic acids is 1. The predicted octanol–water partition coefficient (Wildman–Crippen LogP) is 2.54. The largest absolute Gasteiger partial charge is 0.462 e. The molecule has 6 nitrogen and oxygen atoms in total. The summed E-state index contributed by atoms with van der Waals surface area (Å²) in [7, 11) is 0. The van der Waals surface area contributed by atoms with Gasteiger partial charge in [0.25, 0.3) is 5.69 Å². The maximum absolute atomic E-state index is 11.6. The average molecular weight is 313 g/mol. The van der Waals surface area contributed by atoms with E-state index in [2.05, 4.69) is 15.9 Å². The Morgan fingerprint density at radius 2 is 2.28 bits per heavy atom. The Hall–Kier alpha value is -1.94. The van der Waals surface area contributed by atoms with Gasteiger partial charge >= 0.3 is 5.97 Å². The number of hydrogen-bond donors (Lipinski definition) is 0. The smallest absolute Gasteiger partial charge is 0.345 e. The van der Waals surface area contributed by atoms with E-state index in [1.54, 1.807) is 6.92 Å². The van der Waals surface area contributed by atoms with E-state index in [-0.39, 0.29) is 17.7 Å². The zero-order valence-corrected chi connectivity index (χ0v) is 11.1. The summed E-state index contributed by atoms with van der Waals surface area (Å²) in [4.78, 5) is 21.8. The van der Waals surface area contributed by atoms with Crippen LogP contribution < -0.4 is 0 Å². The van der Waals surface area contributed by atoms with Gasteiger partial charge < -0.3 is 4.74 Å². The number of hydrogen-bond acceptors (Lipinski definition) is 5. The second-order valence-corrected chi connectivity index (χ2v) is 3.81. The normalized spacial score (nSPS) is 9.61. The van der Waals surface area contributed by atoms with Gasteiger partial charge in [-0.3, -0.25) is 10.1 Å². The second kappa shape index (κ2) is 6.12. The molecule has 0 heterocycles. The fraction of sp³-hybridized carbons (Fsp3) is 0.273. The maximum atomic E-state index is 11.6. The number of carbonyl (C=O) groups is 1. The molecule has 0 amide bonds. The van der Waals surface area contributed by atoms with E-state index in [0.717, 1.165) is 6.07 Å². The molecule has 0 aliphatic rings. The summed E-state index contributed by atoms with van der Waals surface area (Å²) in [5, 5.41) is 20.1. The molecule has 0 aliphatic carbocycles. The molecule has 0 atom stereocenters. The standard InChI is InChI=1S/C11H9BrN2O4/c1-2-18-11(15)9-3-7(5-12)8(6-13)4-10(9)14(16)17/h3-4H,2,5H2,1H3. The lowest BCUT2D eigenvalue weighted by Crippen LogP contribution is -2.09. The summed E-state index contributed by atoms with van der Waals surface area (Å²) in [5.74, 6) is -0.768. The van der Waals surface area contributed by atoms with Crippen LogP contribution in [0.5, 0.6) is 0 Å². The molecular formula is C11H9BrN2O4. The van der Waals surface area contributed by atoms with Gasteiger partial charge in [-0.15, -0.1) is 0 Å². The molecule has 1 rings (SSSR count). The molecule has 1 aromatic carbocycles. The lowest BCUT2D eigenvalue weighted by molar-refractivity contribution is -0.385. The Labute approximate surface area is 111 Å². The highest BCUT2D eigenvalue weighted by atomic mass is 79.9. The first-order chi connectivity index (χ1) is 8.54. The van der Waals surface area contributed by atoms with Crippen LogP contribution in [0.25, 0.3) is 0 Å². The highest BCUT2D eigenvalue weighted by Crippen LogP contribution is 2.25. The number of rotatable bonds is 4. The molecule has 0 N–H and O–H groups in total. The third-order valence-electron chi connectivity index (χ3n) is 2.18. The van der Waals surface area contributed by atoms with Crippen LogP contribution in [-0.4, -0.2) is 17.5 Å². The minimum absolute atomic E-state index is 0.125. The van der Waals surface area contributed by atoms with E-state index in [4.69, 9.17) is 10.00 Å². The summed E-state index contributed by atoms with van der Waals surface area (Å²) in [6.45, 7) is 1.73. The average Bonchev–Trinajstić information content (AvgIpc) is 2.37. The Morgan fingerprint density at radius 3 is 2.72 bits per heavy atom. The molecule has 0 spiro atoms. The number of nitro benzene ring substituents is 1. The highest BCUT2D eigenvalue weighted by molar-refractivity contribution is 9.08. The van der Waals surface area contributed by atoms with Gasteiger partial charge in [0, 0.05) is 11.4 Å². The lowest BCUT2D eigenvalue weighted by atomic mass is 10.0. The van der Waals surface area contributed by atoms with Crippen LogP contribution in [0.1, 0.15) is 28.4 Å². The molecule has 0 aliphatic heterocycles. The fourth-order valence-corrected chi connectivity index (χ4v) is 1.84. The van der Waals surface area contributed by atoms with Crippen molar-refractivity contribution in [1.82, 2.24) is 0 Å². The molecule has 0 bridgehead atoms. The van der Waals surface area contributed by atoms with Crippen LogP contribution >= 0.6 is 15.9 Å². The zero-order valence-electron chi connectivity index (χ0n) is 9.47. The van der Waals surface area contributed by atoms with Gasteiger partial charge in [-0.2, -0.15) is 5.26 Å². The summed E-state index contributed by atoms with van der Waals surface area (Å²) in [6.07, 6.45) is 0. The molecule has 18 heavy (non-hydrogen) atoms. The fourth-order valence-electron chi connectivity index (χ4n) is 1.37. The SMILES string of the molecule is CCOC(=O)c1cc(CBr)c(C#N)cc1[N+](=O)[O-]. The topological polar surface area (TPSA) is 93.2 Å². The van der Waals surface area contributed by atoms with E-state index >= 15 is 0 Å². The Morgan fingerprint density at radius 1 is 1.61 bits per heavy atom. The maximum Gasteiger partial charge on any atom is 0.345 e. The number of benzene rings is 1. The van der Waals surface area contributed by atoms with Crippen LogP contribution in [0.15, 0.2) is 12.1 Å². The van der Waals surface area contributed by atoms with Gasteiger partial charge in [0.2, 0.25) is 0 Å². The zero-order chi connectivity index (χ0) is 13.7. The third-order valence-corrected chi connectivity index (χ3v) is 2.78. The molecule has 0 unspecified atom stereocenters. The van der Waals surface area contributed by atoms with Crippen molar-refractivity contribution in [2.75, 3.05) is 6.61 Å². The summed E-state index contributed by atoms with van der Waals surface area (Å²) in [5.41, 5.74) is 0.0998. The van der Waals surface area contributed by atoms with Crippen molar-refractivity contribution in [3.63, 3.8) is 0 Å². The summed E-state index contributed by atoms with van der Waals surface area (Å²) >= 11 is 3.16. The van der Waals surface area contributed by atoms with E-state index in [9.17, 15) is 14.9 Å². The van der Waals surface area contributed by atoms with Crippen molar-refractivity contribution in [2.24, 2.45) is 0 Å². The minimum Gasteiger partial charge on any atom is -0.462 e. The second-order valence-electron chi connectivity index (χ2n) is 3.25. The predicted molar refractivity (Wildman–Crippen MR) is 66.4 cm³/mol. The summed E-state index contributed by atoms with van der Waals surface area (Å²) < 4.78 is 4.75. The number of nitrogens with zero attached hydrogens (tertiary/aromatic N) is 2. The van der Waals surface area contributed by atoms with Crippen molar-refractivity contribution in [3.8, 4) is 6.07 Å².